The average Bonchev–Trinajstić information content (AvgIpc) is 3.22. The number of amides is 2. The van der Waals surface area contributed by atoms with Gasteiger partial charge in [-0.3, -0.25) is 24.6 Å². The van der Waals surface area contributed by atoms with E-state index in [9.17, 15) is 24.8 Å². The van der Waals surface area contributed by atoms with Crippen LogP contribution in [-0.4, -0.2) is 32.9 Å². The Labute approximate surface area is 172 Å². The molecular weight excluding hydrogens is 424 g/mol. The predicted molar refractivity (Wildman–Crippen MR) is 104 cm³/mol. The summed E-state index contributed by atoms with van der Waals surface area (Å²) in [5.41, 5.74) is 0.325. The Morgan fingerprint density at radius 3 is 2.69 bits per heavy atom. The number of phenols is 1. The molecule has 9 nitrogen and oxygen atoms in total. The molecular formula is C18H11ClN2O7S. The maximum atomic E-state index is 12.7. The van der Waals surface area contributed by atoms with Crippen LogP contribution in [0.2, 0.25) is 5.02 Å². The van der Waals surface area contributed by atoms with Crippen molar-refractivity contribution in [3.63, 3.8) is 0 Å². The van der Waals surface area contributed by atoms with Gasteiger partial charge in [-0.25, -0.2) is 0 Å². The fourth-order valence-electron chi connectivity index (χ4n) is 2.81. The van der Waals surface area contributed by atoms with Gasteiger partial charge in [0.1, 0.15) is 0 Å². The zero-order valence-electron chi connectivity index (χ0n) is 14.5. The number of rotatable bonds is 4. The molecule has 0 radical (unpaired) electrons. The van der Waals surface area contributed by atoms with E-state index >= 15 is 0 Å². The second kappa shape index (κ2) is 7.30. The number of hydrogen-bond acceptors (Lipinski definition) is 8. The highest BCUT2D eigenvalue weighted by molar-refractivity contribution is 8.18. The van der Waals surface area contributed by atoms with Crippen LogP contribution in [-0.2, 0) is 11.3 Å². The molecule has 148 valence electrons. The Bertz CT molecular complexity index is 1100. The number of nitro groups is 1. The van der Waals surface area contributed by atoms with Crippen LogP contribution in [0.25, 0.3) is 6.08 Å². The Kier molecular flexibility index (Phi) is 4.81. The molecule has 0 spiro atoms. The lowest BCUT2D eigenvalue weighted by Gasteiger charge is -2.14. The van der Waals surface area contributed by atoms with Crippen LogP contribution in [0.5, 0.6) is 17.2 Å². The molecule has 1 fully saturated rings. The topological polar surface area (TPSA) is 119 Å². The summed E-state index contributed by atoms with van der Waals surface area (Å²) in [5.74, 6) is -0.0767. The zero-order chi connectivity index (χ0) is 20.7. The maximum absolute atomic E-state index is 12.7. The first-order valence-corrected chi connectivity index (χ1v) is 9.33. The van der Waals surface area contributed by atoms with Gasteiger partial charge in [0, 0.05) is 17.2 Å². The lowest BCUT2D eigenvalue weighted by Crippen LogP contribution is -2.27. The van der Waals surface area contributed by atoms with E-state index in [1.54, 1.807) is 12.1 Å². The number of thioether (sulfide) groups is 1. The number of halogens is 1. The number of nitrogens with zero attached hydrogens (tertiary/aromatic N) is 2. The molecule has 0 bridgehead atoms. The standard InChI is InChI=1S/C18H11ClN2O7S/c19-11-6-15-14(27-8-28-15)5-10(11)7-20-17(23)16(29-18(20)24)4-9-1-2-13(22)12(3-9)21(25)26/h1-6,22H,7-8H2/b16-4-. The second-order valence-electron chi connectivity index (χ2n) is 6.07. The van der Waals surface area contributed by atoms with E-state index in [-0.39, 0.29) is 18.2 Å². The molecule has 0 saturated carbocycles. The molecule has 0 aliphatic carbocycles. The van der Waals surface area contributed by atoms with Crippen molar-refractivity contribution in [2.24, 2.45) is 0 Å². The number of imide groups is 1. The molecule has 29 heavy (non-hydrogen) atoms. The number of aromatic hydroxyl groups is 1. The van der Waals surface area contributed by atoms with E-state index < -0.39 is 27.5 Å². The highest BCUT2D eigenvalue weighted by Crippen LogP contribution is 2.39. The summed E-state index contributed by atoms with van der Waals surface area (Å²) in [6.07, 6.45) is 1.36. The summed E-state index contributed by atoms with van der Waals surface area (Å²) >= 11 is 6.93. The van der Waals surface area contributed by atoms with Crippen molar-refractivity contribution < 1.29 is 29.1 Å². The van der Waals surface area contributed by atoms with Crippen LogP contribution in [0.3, 0.4) is 0 Å². The Hall–Kier alpha value is -3.24. The van der Waals surface area contributed by atoms with Crippen LogP contribution in [0.1, 0.15) is 11.1 Å². The van der Waals surface area contributed by atoms with Crippen molar-refractivity contribution in [2.45, 2.75) is 6.54 Å². The third-order valence-electron chi connectivity index (χ3n) is 4.24. The average molecular weight is 435 g/mol. The van der Waals surface area contributed by atoms with Gasteiger partial charge in [-0.1, -0.05) is 17.7 Å². The Balaban J connectivity index is 1.59. The van der Waals surface area contributed by atoms with Crippen LogP contribution in [0, 0.1) is 10.1 Å². The Morgan fingerprint density at radius 1 is 1.24 bits per heavy atom. The van der Waals surface area contributed by atoms with E-state index in [4.69, 9.17) is 21.1 Å². The van der Waals surface area contributed by atoms with E-state index in [0.29, 0.717) is 39.4 Å². The van der Waals surface area contributed by atoms with Gasteiger partial charge in [0.05, 0.1) is 16.4 Å². The highest BCUT2D eigenvalue weighted by atomic mass is 35.5. The van der Waals surface area contributed by atoms with Gasteiger partial charge in [0.25, 0.3) is 11.1 Å². The van der Waals surface area contributed by atoms with E-state index in [2.05, 4.69) is 0 Å². The molecule has 2 aromatic carbocycles. The first kappa shape index (κ1) is 19.1. The fourth-order valence-corrected chi connectivity index (χ4v) is 3.87. The van der Waals surface area contributed by atoms with E-state index in [1.165, 1.54) is 12.1 Å². The summed E-state index contributed by atoms with van der Waals surface area (Å²) in [7, 11) is 0. The largest absolute Gasteiger partial charge is 0.502 e. The van der Waals surface area contributed by atoms with Gasteiger partial charge in [-0.05, 0) is 41.1 Å². The van der Waals surface area contributed by atoms with Crippen LogP contribution < -0.4 is 9.47 Å². The molecule has 1 N–H and O–H groups in total. The minimum atomic E-state index is -0.736. The summed E-state index contributed by atoms with van der Waals surface area (Å²) in [6, 6.07) is 6.86. The van der Waals surface area contributed by atoms with Crippen molar-refractivity contribution in [3.8, 4) is 17.2 Å². The molecule has 0 aromatic heterocycles. The SMILES string of the molecule is O=C1S/C(=C\c2ccc(O)c([N+](=O)[O-])c2)C(=O)N1Cc1cc2c(cc1Cl)OCO2. The number of carbonyl (C=O) groups is 2. The number of nitro benzene ring substituents is 1. The lowest BCUT2D eigenvalue weighted by molar-refractivity contribution is -0.385. The quantitative estimate of drug-likeness (QED) is 0.437. The van der Waals surface area contributed by atoms with Gasteiger partial charge in [-0.2, -0.15) is 0 Å². The Morgan fingerprint density at radius 2 is 1.97 bits per heavy atom. The molecule has 1 saturated heterocycles. The smallest absolute Gasteiger partial charge is 0.311 e. The number of carbonyl (C=O) groups excluding carboxylic acids is 2. The third kappa shape index (κ3) is 3.59. The van der Waals surface area contributed by atoms with Gasteiger partial charge >= 0.3 is 5.69 Å². The number of ether oxygens (including phenoxy) is 2. The van der Waals surface area contributed by atoms with Gasteiger partial charge in [-0.15, -0.1) is 0 Å². The number of hydrogen-bond donors (Lipinski definition) is 1. The van der Waals surface area contributed by atoms with Crippen molar-refractivity contribution in [1.29, 1.82) is 0 Å². The first-order chi connectivity index (χ1) is 13.8. The maximum Gasteiger partial charge on any atom is 0.311 e. The summed E-state index contributed by atoms with van der Waals surface area (Å²) < 4.78 is 10.5. The molecule has 2 heterocycles. The molecule has 0 atom stereocenters. The molecule has 2 aromatic rings. The minimum absolute atomic E-state index is 0.0623. The van der Waals surface area contributed by atoms with E-state index in [1.807, 2.05) is 0 Å². The zero-order valence-corrected chi connectivity index (χ0v) is 16.0. The summed E-state index contributed by atoms with van der Waals surface area (Å²) in [5, 5.41) is 20.3. The second-order valence-corrected chi connectivity index (χ2v) is 7.47. The number of benzene rings is 2. The monoisotopic (exact) mass is 434 g/mol. The highest BCUT2D eigenvalue weighted by Gasteiger charge is 2.36. The van der Waals surface area contributed by atoms with Gasteiger partial charge in [0.2, 0.25) is 6.79 Å². The van der Waals surface area contributed by atoms with Crippen LogP contribution in [0.15, 0.2) is 35.2 Å². The normalized spacial score (nSPS) is 16.7. The predicted octanol–water partition coefficient (Wildman–Crippen LogP) is 3.92. The van der Waals surface area contributed by atoms with E-state index in [0.717, 1.165) is 17.0 Å². The lowest BCUT2D eigenvalue weighted by atomic mass is 10.1. The van der Waals surface area contributed by atoms with Gasteiger partial charge < -0.3 is 14.6 Å². The summed E-state index contributed by atoms with van der Waals surface area (Å²) in [6.45, 7) is 0.00536. The van der Waals surface area contributed by atoms with Crippen molar-refractivity contribution >= 4 is 46.3 Å². The molecule has 11 heteroatoms. The van der Waals surface area contributed by atoms with Crippen molar-refractivity contribution in [3.05, 3.63) is 61.5 Å². The summed E-state index contributed by atoms with van der Waals surface area (Å²) in [4.78, 5) is 36.4. The third-order valence-corrected chi connectivity index (χ3v) is 5.50. The fraction of sp³-hybridized carbons (Fsp3) is 0.111. The molecule has 2 aliphatic heterocycles. The van der Waals surface area contributed by atoms with Crippen molar-refractivity contribution in [2.75, 3.05) is 6.79 Å². The number of phenolic OH excluding ortho intramolecular Hbond substituents is 1. The minimum Gasteiger partial charge on any atom is -0.502 e. The molecule has 2 amide bonds. The molecule has 2 aliphatic rings. The van der Waals surface area contributed by atoms with Crippen molar-refractivity contribution in [1.82, 2.24) is 4.90 Å². The van der Waals surface area contributed by atoms with Crippen LogP contribution >= 0.6 is 23.4 Å². The molecule has 0 unspecified atom stereocenters. The van der Waals surface area contributed by atoms with Crippen LogP contribution in [0.4, 0.5) is 10.5 Å². The number of fused-ring (bicyclic) bond motifs is 1. The molecule has 4 rings (SSSR count). The van der Waals surface area contributed by atoms with Gasteiger partial charge in [0.15, 0.2) is 17.2 Å². The first-order valence-electron chi connectivity index (χ1n) is 8.14.